The third-order valence-electron chi connectivity index (χ3n) is 3.86. The Morgan fingerprint density at radius 3 is 2.43 bits per heavy atom. The van der Waals surface area contributed by atoms with E-state index in [0.29, 0.717) is 11.9 Å². The van der Waals surface area contributed by atoms with E-state index in [1.807, 2.05) is 18.2 Å². The van der Waals surface area contributed by atoms with Gasteiger partial charge in [-0.1, -0.05) is 18.2 Å². The summed E-state index contributed by atoms with van der Waals surface area (Å²) in [7, 11) is 2.13. The van der Waals surface area contributed by atoms with E-state index in [1.165, 1.54) is 4.90 Å². The van der Waals surface area contributed by atoms with Gasteiger partial charge in [0.15, 0.2) is 0 Å². The summed E-state index contributed by atoms with van der Waals surface area (Å²) in [4.78, 5) is 19.0. The number of nitrogens with zero attached hydrogens (tertiary/aromatic N) is 5. The van der Waals surface area contributed by atoms with Gasteiger partial charge in [-0.05, 0) is 26.1 Å². The van der Waals surface area contributed by atoms with Gasteiger partial charge >= 0.3 is 0 Å². The standard InChI is InChI=1S/C16H22N6S/c1-12(23-13-6-4-3-5-7-13)14-18-15(17)20-16(19-14)22-10-8-21(2)9-11-22/h3-7,12H,8-11H2,1-2H3,(H2,17,18,19,20). The maximum Gasteiger partial charge on any atom is 0.230 e. The van der Waals surface area contributed by atoms with Crippen molar-refractivity contribution in [3.63, 3.8) is 0 Å². The van der Waals surface area contributed by atoms with Gasteiger partial charge in [0.25, 0.3) is 0 Å². The van der Waals surface area contributed by atoms with Crippen LogP contribution in [0.4, 0.5) is 11.9 Å². The minimum absolute atomic E-state index is 0.119. The molecule has 2 N–H and O–H groups in total. The molecule has 1 atom stereocenters. The molecule has 0 spiro atoms. The third kappa shape index (κ3) is 4.11. The van der Waals surface area contributed by atoms with Gasteiger partial charge in [-0.25, -0.2) is 0 Å². The van der Waals surface area contributed by atoms with Crippen LogP contribution in [0.1, 0.15) is 18.0 Å². The Bertz CT molecular complexity index is 642. The summed E-state index contributed by atoms with van der Waals surface area (Å²) in [6.07, 6.45) is 0. The summed E-state index contributed by atoms with van der Waals surface area (Å²) < 4.78 is 0. The van der Waals surface area contributed by atoms with E-state index in [2.05, 4.69) is 50.9 Å². The van der Waals surface area contributed by atoms with Gasteiger partial charge < -0.3 is 15.5 Å². The van der Waals surface area contributed by atoms with Crippen LogP contribution in [0.3, 0.4) is 0 Å². The molecule has 1 unspecified atom stereocenters. The first-order valence-electron chi connectivity index (χ1n) is 7.78. The molecule has 0 bridgehead atoms. The molecule has 0 amide bonds. The maximum absolute atomic E-state index is 5.92. The second-order valence-corrected chi connectivity index (χ2v) is 7.13. The van der Waals surface area contributed by atoms with Gasteiger partial charge in [0.1, 0.15) is 5.82 Å². The molecule has 7 heteroatoms. The smallest absolute Gasteiger partial charge is 0.230 e. The predicted molar refractivity (Wildman–Crippen MR) is 94.7 cm³/mol. The first kappa shape index (κ1) is 16.0. The minimum Gasteiger partial charge on any atom is -0.368 e. The lowest BCUT2D eigenvalue weighted by molar-refractivity contribution is 0.311. The Morgan fingerprint density at radius 1 is 1.04 bits per heavy atom. The molecule has 23 heavy (non-hydrogen) atoms. The van der Waals surface area contributed by atoms with Crippen LogP contribution < -0.4 is 10.6 Å². The van der Waals surface area contributed by atoms with Crippen LogP contribution in [-0.2, 0) is 0 Å². The fourth-order valence-corrected chi connectivity index (χ4v) is 3.42. The number of hydrogen-bond acceptors (Lipinski definition) is 7. The molecule has 0 saturated carbocycles. The summed E-state index contributed by atoms with van der Waals surface area (Å²) >= 11 is 1.73. The molecular weight excluding hydrogens is 308 g/mol. The Labute approximate surface area is 141 Å². The molecule has 0 aliphatic carbocycles. The molecule has 2 heterocycles. The number of nitrogen functional groups attached to an aromatic ring is 1. The number of nitrogens with two attached hydrogens (primary N) is 1. The zero-order valence-corrected chi connectivity index (χ0v) is 14.3. The van der Waals surface area contributed by atoms with Crippen LogP contribution in [0.2, 0.25) is 0 Å². The largest absolute Gasteiger partial charge is 0.368 e. The zero-order chi connectivity index (χ0) is 16.2. The molecule has 1 saturated heterocycles. The molecular formula is C16H22N6S. The summed E-state index contributed by atoms with van der Waals surface area (Å²) in [6.45, 7) is 5.95. The quantitative estimate of drug-likeness (QED) is 0.860. The van der Waals surface area contributed by atoms with Gasteiger partial charge in [0.2, 0.25) is 11.9 Å². The fourth-order valence-electron chi connectivity index (χ4n) is 2.48. The van der Waals surface area contributed by atoms with Gasteiger partial charge in [-0.2, -0.15) is 15.0 Å². The lowest BCUT2D eigenvalue weighted by atomic mass is 10.3. The van der Waals surface area contributed by atoms with Crippen molar-refractivity contribution in [2.24, 2.45) is 0 Å². The molecule has 1 aliphatic heterocycles. The number of likely N-dealkylation sites (N-methyl/N-ethyl adjacent to an activating group) is 1. The number of piperazine rings is 1. The van der Waals surface area contributed by atoms with Crippen molar-refractivity contribution in [3.05, 3.63) is 36.2 Å². The molecule has 1 aliphatic rings. The Morgan fingerprint density at radius 2 is 1.74 bits per heavy atom. The van der Waals surface area contributed by atoms with E-state index in [9.17, 15) is 0 Å². The molecule has 2 aromatic rings. The summed E-state index contributed by atoms with van der Waals surface area (Å²) in [6, 6.07) is 10.3. The van der Waals surface area contributed by atoms with Crippen LogP contribution in [0.25, 0.3) is 0 Å². The van der Waals surface area contributed by atoms with Crippen LogP contribution in [-0.4, -0.2) is 53.1 Å². The van der Waals surface area contributed by atoms with Crippen LogP contribution in [0.15, 0.2) is 35.2 Å². The monoisotopic (exact) mass is 330 g/mol. The number of rotatable bonds is 4. The second kappa shape index (κ2) is 7.14. The van der Waals surface area contributed by atoms with Crippen molar-refractivity contribution < 1.29 is 0 Å². The highest BCUT2D eigenvalue weighted by atomic mass is 32.2. The molecule has 3 rings (SSSR count). The number of anilines is 2. The van der Waals surface area contributed by atoms with Gasteiger partial charge in [-0.15, -0.1) is 11.8 Å². The van der Waals surface area contributed by atoms with Crippen LogP contribution in [0.5, 0.6) is 0 Å². The van der Waals surface area contributed by atoms with Crippen molar-refractivity contribution in [3.8, 4) is 0 Å². The maximum atomic E-state index is 5.92. The average Bonchev–Trinajstić information content (AvgIpc) is 2.56. The van der Waals surface area contributed by atoms with E-state index >= 15 is 0 Å². The SMILES string of the molecule is CC(Sc1ccccc1)c1nc(N)nc(N2CCN(C)CC2)n1. The molecule has 122 valence electrons. The number of hydrogen-bond donors (Lipinski definition) is 1. The van der Waals surface area contributed by atoms with Crippen molar-refractivity contribution in [1.29, 1.82) is 0 Å². The fraction of sp³-hybridized carbons (Fsp3) is 0.438. The summed E-state index contributed by atoms with van der Waals surface area (Å²) in [5.74, 6) is 1.73. The van der Waals surface area contributed by atoms with E-state index in [4.69, 9.17) is 5.73 Å². The van der Waals surface area contributed by atoms with E-state index < -0.39 is 0 Å². The second-order valence-electron chi connectivity index (χ2n) is 5.72. The lowest BCUT2D eigenvalue weighted by Crippen LogP contribution is -2.45. The lowest BCUT2D eigenvalue weighted by Gasteiger charge is -2.32. The number of benzene rings is 1. The summed E-state index contributed by atoms with van der Waals surface area (Å²) in [5, 5.41) is 0.119. The molecule has 1 aromatic heterocycles. The molecule has 0 radical (unpaired) electrons. The Balaban J connectivity index is 1.77. The van der Waals surface area contributed by atoms with Crippen molar-refractivity contribution in [2.75, 3.05) is 43.9 Å². The molecule has 1 fully saturated rings. The van der Waals surface area contributed by atoms with Crippen LogP contribution >= 0.6 is 11.8 Å². The zero-order valence-electron chi connectivity index (χ0n) is 13.5. The van der Waals surface area contributed by atoms with Gasteiger partial charge in [0.05, 0.1) is 5.25 Å². The average molecular weight is 330 g/mol. The highest BCUT2D eigenvalue weighted by Gasteiger charge is 2.20. The van der Waals surface area contributed by atoms with E-state index in [1.54, 1.807) is 11.8 Å². The van der Waals surface area contributed by atoms with Crippen molar-refractivity contribution >= 4 is 23.7 Å². The van der Waals surface area contributed by atoms with Crippen LogP contribution in [0, 0.1) is 0 Å². The van der Waals surface area contributed by atoms with E-state index in [-0.39, 0.29) is 5.25 Å². The number of aromatic nitrogens is 3. The van der Waals surface area contributed by atoms with E-state index in [0.717, 1.165) is 32.0 Å². The Hall–Kier alpha value is -1.86. The predicted octanol–water partition coefficient (Wildman–Crippen LogP) is 2.06. The molecule has 6 nitrogen and oxygen atoms in total. The highest BCUT2D eigenvalue weighted by molar-refractivity contribution is 7.99. The third-order valence-corrected chi connectivity index (χ3v) is 4.97. The first-order valence-corrected chi connectivity index (χ1v) is 8.66. The Kier molecular flexibility index (Phi) is 4.97. The normalized spacial score (nSPS) is 17.2. The van der Waals surface area contributed by atoms with Gasteiger partial charge in [-0.3, -0.25) is 0 Å². The topological polar surface area (TPSA) is 71.2 Å². The number of thioether (sulfide) groups is 1. The van der Waals surface area contributed by atoms with Crippen molar-refractivity contribution in [1.82, 2.24) is 19.9 Å². The minimum atomic E-state index is 0.119. The van der Waals surface area contributed by atoms with Crippen molar-refractivity contribution in [2.45, 2.75) is 17.1 Å². The summed E-state index contributed by atoms with van der Waals surface area (Å²) in [5.41, 5.74) is 5.92. The first-order chi connectivity index (χ1) is 11.1. The van der Waals surface area contributed by atoms with Gasteiger partial charge in [0, 0.05) is 31.1 Å². The molecule has 1 aromatic carbocycles. The highest BCUT2D eigenvalue weighted by Crippen LogP contribution is 2.33.